The first kappa shape index (κ1) is 56.2. The van der Waals surface area contributed by atoms with Gasteiger partial charge in [-0.2, -0.15) is 11.8 Å². The molecule has 3 aromatic rings. The number of amides is 6. The normalized spacial score (nSPS) is 13.0. The van der Waals surface area contributed by atoms with E-state index in [0.717, 1.165) is 11.3 Å². The number of anilines is 1. The van der Waals surface area contributed by atoms with Gasteiger partial charge in [0.05, 0.1) is 19.1 Å². The third-order valence-electron chi connectivity index (χ3n) is 10.3. The van der Waals surface area contributed by atoms with Crippen molar-refractivity contribution in [1.82, 2.24) is 31.9 Å². The van der Waals surface area contributed by atoms with Gasteiger partial charge in [-0.15, -0.1) is 23.2 Å². The number of aliphatic carboxylic acids is 1. The number of hydrogen-bond acceptors (Lipinski definition) is 11. The largest absolute Gasteiger partial charge is 0.480 e. The predicted molar refractivity (Wildman–Crippen MR) is 266 cm³/mol. The molecule has 0 saturated carbocycles. The number of nitrogens with one attached hydrogen (secondary N) is 6. The van der Waals surface area contributed by atoms with Gasteiger partial charge in [-0.1, -0.05) is 72.8 Å². The molecule has 19 nitrogen and oxygen atoms in total. The summed E-state index contributed by atoms with van der Waals surface area (Å²) in [5.41, 5.74) is 20.1. The van der Waals surface area contributed by atoms with E-state index in [9.17, 15) is 38.7 Å². The van der Waals surface area contributed by atoms with E-state index in [4.69, 9.17) is 40.4 Å². The molecule has 5 atom stereocenters. The van der Waals surface area contributed by atoms with Crippen LogP contribution in [0.2, 0.25) is 0 Å². The van der Waals surface area contributed by atoms with Crippen LogP contribution in [-0.2, 0) is 52.8 Å². The van der Waals surface area contributed by atoms with Crippen molar-refractivity contribution in [2.75, 3.05) is 61.4 Å². The molecule has 3 aromatic carbocycles. The van der Waals surface area contributed by atoms with Crippen molar-refractivity contribution in [3.05, 3.63) is 102 Å². The average molecular weight is 1000 g/mol. The van der Waals surface area contributed by atoms with E-state index in [-0.39, 0.29) is 51.0 Å². The van der Waals surface area contributed by atoms with Crippen molar-refractivity contribution in [2.45, 2.75) is 68.7 Å². The number of nitrogens with zero attached hydrogens (tertiary/aromatic N) is 2. The number of alkyl halides is 2. The maximum absolute atomic E-state index is 14.0. The van der Waals surface area contributed by atoms with Gasteiger partial charge >= 0.3 is 5.97 Å². The molecule has 0 aliphatic carbocycles. The molecule has 13 N–H and O–H groups in total. The number of guanidine groups is 1. The highest BCUT2D eigenvalue weighted by Gasteiger charge is 2.31. The van der Waals surface area contributed by atoms with Crippen molar-refractivity contribution >= 4 is 88.0 Å². The van der Waals surface area contributed by atoms with Gasteiger partial charge in [0, 0.05) is 49.9 Å². The Morgan fingerprint density at radius 2 is 1.13 bits per heavy atom. The molecule has 0 spiro atoms. The Morgan fingerprint density at radius 1 is 0.632 bits per heavy atom. The molecule has 0 aliphatic rings. The number of halogens is 2. The molecular weight excluding hydrogens is 938 g/mol. The van der Waals surface area contributed by atoms with Crippen molar-refractivity contribution in [1.29, 1.82) is 0 Å². The molecule has 0 saturated heterocycles. The molecule has 6 amide bonds. The van der Waals surface area contributed by atoms with Crippen molar-refractivity contribution < 1.29 is 38.7 Å². The number of carboxylic acids is 1. The van der Waals surface area contributed by atoms with Crippen molar-refractivity contribution in [3.63, 3.8) is 0 Å². The number of hydrogen-bond donors (Lipinski definition) is 10. The second kappa shape index (κ2) is 31.0. The van der Waals surface area contributed by atoms with Crippen molar-refractivity contribution in [3.8, 4) is 0 Å². The summed E-state index contributed by atoms with van der Waals surface area (Å²) in [4.78, 5) is 98.6. The van der Waals surface area contributed by atoms with E-state index in [1.165, 1.54) is 11.8 Å². The van der Waals surface area contributed by atoms with Crippen LogP contribution in [0.25, 0.3) is 0 Å². The first-order valence-electron chi connectivity index (χ1n) is 21.9. The number of thioether (sulfide) groups is 1. The van der Waals surface area contributed by atoms with Gasteiger partial charge < -0.3 is 59.1 Å². The van der Waals surface area contributed by atoms with E-state index >= 15 is 0 Å². The maximum Gasteiger partial charge on any atom is 0.326 e. The lowest BCUT2D eigenvalue weighted by Crippen LogP contribution is -2.58. The van der Waals surface area contributed by atoms with Crippen LogP contribution in [0.15, 0.2) is 89.9 Å². The van der Waals surface area contributed by atoms with Crippen molar-refractivity contribution in [2.24, 2.45) is 22.2 Å². The fourth-order valence-electron chi connectivity index (χ4n) is 6.75. The molecule has 0 fully saturated rings. The van der Waals surface area contributed by atoms with Gasteiger partial charge in [0.25, 0.3) is 0 Å². The second-order valence-electron chi connectivity index (χ2n) is 15.6. The minimum atomic E-state index is -1.32. The Bertz CT molecular complexity index is 2100. The Hall–Kier alpha value is -6.09. The van der Waals surface area contributed by atoms with E-state index in [1.54, 1.807) is 60.7 Å². The van der Waals surface area contributed by atoms with Gasteiger partial charge in [-0.3, -0.25) is 33.8 Å². The van der Waals surface area contributed by atoms with Crippen LogP contribution in [0, 0.1) is 0 Å². The van der Waals surface area contributed by atoms with E-state index in [2.05, 4.69) is 36.9 Å². The molecular formula is C46H63Cl2N11O8S. The Labute approximate surface area is 410 Å². The summed E-state index contributed by atoms with van der Waals surface area (Å²) in [6.45, 7) is 0.337. The summed E-state index contributed by atoms with van der Waals surface area (Å²) < 4.78 is 0. The number of aliphatic imine (C=N–C) groups is 1. The quantitative estimate of drug-likeness (QED) is 0.0181. The molecule has 0 aromatic heterocycles. The lowest BCUT2D eigenvalue weighted by molar-refractivity contribution is -0.142. The van der Waals surface area contributed by atoms with Gasteiger partial charge in [-0.05, 0) is 66.5 Å². The fraction of sp³-hybridized carbons (Fsp3) is 0.435. The number of nitrogens with two attached hydrogens (primary N) is 3. The number of carboxylic acid groups (broad SMARTS) is 1. The van der Waals surface area contributed by atoms with Crippen LogP contribution in [0.3, 0.4) is 0 Å². The first-order valence-corrected chi connectivity index (χ1v) is 24.4. The minimum Gasteiger partial charge on any atom is -0.480 e. The monoisotopic (exact) mass is 999 g/mol. The van der Waals surface area contributed by atoms with Crippen LogP contribution in [0.5, 0.6) is 0 Å². The van der Waals surface area contributed by atoms with E-state index < -0.39 is 84.7 Å². The van der Waals surface area contributed by atoms with Crippen LogP contribution < -0.4 is 54.0 Å². The SMILES string of the molecule is CSCC[C@H](NC(=O)[C@H](Cc1ccccc1)NC(=O)CNC(=O)CNC(=O)[C@@H](N)Cc1ccc(N(CCCl)CCCl)cc1)C(=O)N[C@@H](CCCN=C(N)N)C(=O)N[C@@H](Cc1ccccc1)C(=O)O. The van der Waals surface area contributed by atoms with E-state index in [0.29, 0.717) is 41.7 Å². The Kier molecular flexibility index (Phi) is 25.7. The number of carbonyl (C=O) groups is 7. The third-order valence-corrected chi connectivity index (χ3v) is 11.3. The molecule has 0 radical (unpaired) electrons. The highest BCUT2D eigenvalue weighted by atomic mass is 35.5. The Balaban J connectivity index is 1.66. The smallest absolute Gasteiger partial charge is 0.326 e. The lowest BCUT2D eigenvalue weighted by atomic mass is 10.0. The minimum absolute atomic E-state index is 0.00675. The summed E-state index contributed by atoms with van der Waals surface area (Å²) in [5, 5.41) is 25.4. The third kappa shape index (κ3) is 21.3. The summed E-state index contributed by atoms with van der Waals surface area (Å²) in [5.74, 6) is -4.39. The van der Waals surface area contributed by atoms with E-state index in [1.807, 2.05) is 35.4 Å². The predicted octanol–water partition coefficient (Wildman–Crippen LogP) is 0.389. The summed E-state index contributed by atoms with van der Waals surface area (Å²) in [6.07, 6.45) is 2.37. The van der Waals surface area contributed by atoms with Gasteiger partial charge in [-0.25, -0.2) is 4.79 Å². The first-order chi connectivity index (χ1) is 32.6. The Morgan fingerprint density at radius 3 is 1.66 bits per heavy atom. The summed E-state index contributed by atoms with van der Waals surface area (Å²) in [7, 11) is 0. The lowest BCUT2D eigenvalue weighted by Gasteiger charge is -2.26. The summed E-state index contributed by atoms with van der Waals surface area (Å²) >= 11 is 13.2. The van der Waals surface area contributed by atoms with Crippen LogP contribution in [-0.4, -0.2) is 139 Å². The molecule has 0 heterocycles. The summed E-state index contributed by atoms with van der Waals surface area (Å²) in [6, 6.07) is 19.0. The molecule has 3 rings (SSSR count). The molecule has 0 unspecified atom stereocenters. The zero-order valence-corrected chi connectivity index (χ0v) is 40.3. The average Bonchev–Trinajstić information content (AvgIpc) is 3.32. The van der Waals surface area contributed by atoms with Crippen LogP contribution in [0.1, 0.15) is 36.0 Å². The van der Waals surface area contributed by atoms with Crippen LogP contribution >= 0.6 is 35.0 Å². The molecule has 0 aliphatic heterocycles. The standard InChI is InChI=1S/C46H63Cl2N11O8S/c1-68-24-18-36(43(64)56-35(13-8-21-52-46(50)51)42(63)58-38(45(66)67)27-31-11-6-3-7-12-31)57-44(65)37(26-30-9-4-2-5-10-30)55-40(61)29-53-39(60)28-54-41(62)34(49)25-32-14-16-33(17-15-32)59(22-19-47)23-20-48/h2-7,9-12,14-17,34-38H,8,13,18-29,49H2,1H3,(H,53,60)(H,54,62)(H,55,61)(H,56,64)(H,57,65)(H,58,63)(H,66,67)(H4,50,51,52)/t34-,35-,36-,37-,38-/m0/s1. The van der Waals surface area contributed by atoms with Crippen LogP contribution in [0.4, 0.5) is 5.69 Å². The molecule has 370 valence electrons. The second-order valence-corrected chi connectivity index (χ2v) is 17.3. The number of benzene rings is 3. The fourth-order valence-corrected chi connectivity index (χ4v) is 7.63. The van der Waals surface area contributed by atoms with Gasteiger partial charge in [0.2, 0.25) is 35.4 Å². The maximum atomic E-state index is 14.0. The molecule has 68 heavy (non-hydrogen) atoms. The highest BCUT2D eigenvalue weighted by Crippen LogP contribution is 2.17. The zero-order chi connectivity index (χ0) is 49.8. The van der Waals surface area contributed by atoms with Gasteiger partial charge in [0.15, 0.2) is 5.96 Å². The number of rotatable bonds is 31. The highest BCUT2D eigenvalue weighted by molar-refractivity contribution is 7.98. The van der Waals surface area contributed by atoms with Gasteiger partial charge in [0.1, 0.15) is 24.2 Å². The molecule has 0 bridgehead atoms. The zero-order valence-electron chi connectivity index (χ0n) is 38.0. The molecule has 22 heteroatoms. The number of carbonyl (C=O) groups excluding carboxylic acids is 6. The topological polar surface area (TPSA) is 306 Å².